The Hall–Kier alpha value is -11.2. The van der Waals surface area contributed by atoms with Crippen LogP contribution in [0.25, 0.3) is 55.4 Å². The number of rotatable bonds is 21. The molecule has 6 aromatic heterocycles. The maximum Gasteiger partial charge on any atom is 0.320 e. The molecule has 11 aromatic rings. The highest BCUT2D eigenvalue weighted by molar-refractivity contribution is 6.39. The van der Waals surface area contributed by atoms with Crippen LogP contribution in [0.5, 0.6) is 28.7 Å². The molecule has 508 valence electrons. The predicted octanol–water partition coefficient (Wildman–Crippen LogP) is 12.1. The third-order valence-corrected chi connectivity index (χ3v) is 14.1. The standard InChI is InChI=1S/C28H33N7O4.C26H27Cl2N7O2.C15H15N5O2/c1-28(2,3)35-27(36)34-25-23(17-12-21(37-4)15-22(13-17)38-5)14-18-16-30-26(33-24(18)32-25)31-19-6-8-20(9-7-19)39-11-10-29;1-26(2,3)35-25(36)34-23-18(21-19(27)5-4-6-20(21)28)13-15-14-30-24(33-22(15)32-23)31-16-7-9-17(10-8-16)37-12-11-29;16-7-8-22-12-4-2-11(3-5-12)18-15-17-9-10-1-6-13(21)19-14(10)20-15/h6-9,12-16H,10-11,29H2,1-5H3,(H3,30,31,32,33,34,35,36);4-10,13-14H,11-12,29H2,1-3H3,(H3,30,31,32,33,34,35,36);1-6,9H,7-8,16H2,(H2,17,18,19,20,21). The van der Waals surface area contributed by atoms with Gasteiger partial charge in [-0.15, -0.1) is 0 Å². The lowest BCUT2D eigenvalue weighted by Crippen LogP contribution is -2.43. The van der Waals surface area contributed by atoms with Crippen LogP contribution in [0, 0.1) is 0 Å². The average Bonchev–Trinajstić information content (AvgIpc) is 0.784. The number of aromatic amines is 1. The molecule has 0 bridgehead atoms. The molecule has 0 unspecified atom stereocenters. The van der Waals surface area contributed by atoms with Gasteiger partial charge in [0.05, 0.1) is 24.3 Å². The van der Waals surface area contributed by atoms with Gasteiger partial charge in [-0.1, -0.05) is 29.3 Å². The van der Waals surface area contributed by atoms with E-state index in [4.69, 9.17) is 69.1 Å². The summed E-state index contributed by atoms with van der Waals surface area (Å²) < 4.78 is 27.3. The van der Waals surface area contributed by atoms with Crippen molar-refractivity contribution in [3.63, 3.8) is 0 Å². The lowest BCUT2D eigenvalue weighted by Gasteiger charge is -2.21. The molecule has 14 N–H and O–H groups in total. The molecule has 0 fully saturated rings. The maximum atomic E-state index is 12.8. The zero-order valence-corrected chi connectivity index (χ0v) is 56.5. The van der Waals surface area contributed by atoms with E-state index in [9.17, 15) is 14.4 Å². The number of aromatic nitrogens is 9. The van der Waals surface area contributed by atoms with Gasteiger partial charge in [0.2, 0.25) is 23.4 Å². The number of pyridine rings is 3. The third kappa shape index (κ3) is 20.4. The van der Waals surface area contributed by atoms with Gasteiger partial charge in [0.15, 0.2) is 11.3 Å². The Balaban J connectivity index is 0.000000178. The summed E-state index contributed by atoms with van der Waals surface area (Å²) in [7, 11) is 3.16. The summed E-state index contributed by atoms with van der Waals surface area (Å²) in [6.07, 6.45) is 4.97. The Morgan fingerprint density at radius 1 is 0.480 bits per heavy atom. The molecular formula is C69H75Cl2N19O8. The number of nitrogens with one attached hydrogen (secondary N) is 8. The van der Waals surface area contributed by atoms with Crippen LogP contribution >= 0.6 is 23.2 Å². The number of ether oxygens (including phenoxy) is 5. The number of anilines is 8. The SMILES string of the molecule is CC(C)(C)NC(=O)Nc1nc2nc(Nc3ccc(OCCN)cc3)ncc2cc1-c1c(Cl)cccc1Cl.COc1cc(OC)cc(-c2cc3cnc(Nc4ccc(OCCN)cc4)nc3nc2NC(=O)NC(C)(C)C)c1.NCCOc1ccc(Nc2ncc3ccc(=O)[nH]c3n2)cc1. The molecule has 0 spiro atoms. The van der Waals surface area contributed by atoms with Crippen LogP contribution in [0.15, 0.2) is 157 Å². The first kappa shape index (κ1) is 71.1. The molecule has 0 saturated carbocycles. The quantitative estimate of drug-likeness (QED) is 0.0318. The fraction of sp³-hybridized carbons (Fsp3) is 0.232. The summed E-state index contributed by atoms with van der Waals surface area (Å²) in [5.41, 5.74) is 21.4. The number of methoxy groups -OCH3 is 2. The van der Waals surface area contributed by atoms with Crippen molar-refractivity contribution >= 4 is 115 Å². The van der Waals surface area contributed by atoms with Crippen molar-refractivity contribution < 1.29 is 33.3 Å². The van der Waals surface area contributed by atoms with Crippen molar-refractivity contribution in [1.82, 2.24) is 55.5 Å². The summed E-state index contributed by atoms with van der Waals surface area (Å²) >= 11 is 13.0. The van der Waals surface area contributed by atoms with Gasteiger partial charge in [-0.05, 0) is 162 Å². The molecule has 6 heterocycles. The van der Waals surface area contributed by atoms with Gasteiger partial charge in [-0.25, -0.2) is 34.5 Å². The zero-order chi connectivity index (χ0) is 69.9. The van der Waals surface area contributed by atoms with E-state index in [1.807, 2.05) is 133 Å². The Labute approximate surface area is 574 Å². The first-order valence-corrected chi connectivity index (χ1v) is 31.5. The van der Waals surface area contributed by atoms with Gasteiger partial charge in [0.1, 0.15) is 65.9 Å². The van der Waals surface area contributed by atoms with E-state index in [1.165, 1.54) is 6.07 Å². The Kier molecular flexibility index (Phi) is 23.9. The zero-order valence-electron chi connectivity index (χ0n) is 55.0. The number of carbonyl (C=O) groups is 2. The van der Waals surface area contributed by atoms with Gasteiger partial charge in [0, 0.05) is 111 Å². The molecule has 0 aliphatic heterocycles. The Morgan fingerprint density at radius 3 is 1.29 bits per heavy atom. The molecule has 11 rings (SSSR count). The molecule has 4 amide bonds. The van der Waals surface area contributed by atoms with Crippen LogP contribution in [0.3, 0.4) is 0 Å². The highest BCUT2D eigenvalue weighted by Gasteiger charge is 2.22. The molecule has 0 aliphatic rings. The fourth-order valence-electron chi connectivity index (χ4n) is 9.14. The van der Waals surface area contributed by atoms with E-state index in [0.29, 0.717) is 135 Å². The topological polar surface area (TPSA) is 379 Å². The molecular weight excluding hydrogens is 1290 g/mol. The number of nitrogens with two attached hydrogens (primary N) is 3. The number of nitrogens with zero attached hydrogens (tertiary/aromatic N) is 8. The van der Waals surface area contributed by atoms with Crippen LogP contribution in [-0.4, -0.2) is 122 Å². The number of amides is 4. The summed E-state index contributed by atoms with van der Waals surface area (Å²) in [4.78, 5) is 75.4. The predicted molar refractivity (Wildman–Crippen MR) is 385 cm³/mol. The number of carbonyl (C=O) groups excluding carboxylic acids is 2. The largest absolute Gasteiger partial charge is 0.497 e. The second-order valence-corrected chi connectivity index (χ2v) is 24.3. The first-order valence-electron chi connectivity index (χ1n) is 30.7. The number of hydrogen-bond donors (Lipinski definition) is 11. The monoisotopic (exact) mass is 1370 g/mol. The van der Waals surface area contributed by atoms with E-state index >= 15 is 0 Å². The normalized spacial score (nSPS) is 11.1. The van der Waals surface area contributed by atoms with Gasteiger partial charge in [0.25, 0.3) is 0 Å². The second kappa shape index (κ2) is 32.9. The minimum absolute atomic E-state index is 0.196. The van der Waals surface area contributed by atoms with Crippen molar-refractivity contribution in [2.75, 3.05) is 80.3 Å². The smallest absolute Gasteiger partial charge is 0.320 e. The van der Waals surface area contributed by atoms with E-state index in [-0.39, 0.29) is 11.4 Å². The van der Waals surface area contributed by atoms with E-state index < -0.39 is 23.1 Å². The van der Waals surface area contributed by atoms with E-state index in [1.54, 1.807) is 69.2 Å². The summed E-state index contributed by atoms with van der Waals surface area (Å²) in [6.45, 7) is 14.1. The van der Waals surface area contributed by atoms with E-state index in [2.05, 4.69) is 77.1 Å². The summed E-state index contributed by atoms with van der Waals surface area (Å²) in [5.74, 6) is 5.07. The molecule has 0 radical (unpaired) electrons. The van der Waals surface area contributed by atoms with Crippen molar-refractivity contribution in [2.24, 2.45) is 17.2 Å². The Morgan fingerprint density at radius 2 is 0.878 bits per heavy atom. The van der Waals surface area contributed by atoms with Crippen LogP contribution in [0.2, 0.25) is 10.0 Å². The average molecular weight is 1370 g/mol. The van der Waals surface area contributed by atoms with Crippen molar-refractivity contribution in [3.05, 3.63) is 172 Å². The first-order chi connectivity index (χ1) is 47.0. The van der Waals surface area contributed by atoms with Gasteiger partial charge in [-0.2, -0.15) is 15.0 Å². The summed E-state index contributed by atoms with van der Waals surface area (Å²) in [6, 6.07) is 38.7. The highest BCUT2D eigenvalue weighted by Crippen LogP contribution is 2.40. The molecule has 27 nitrogen and oxygen atoms in total. The maximum absolute atomic E-state index is 12.8. The van der Waals surface area contributed by atoms with E-state index in [0.717, 1.165) is 39.5 Å². The van der Waals surface area contributed by atoms with Gasteiger partial charge in [-0.3, -0.25) is 15.4 Å². The number of H-pyrrole nitrogens is 1. The van der Waals surface area contributed by atoms with Crippen molar-refractivity contribution in [3.8, 4) is 51.0 Å². The number of benzene rings is 5. The number of halogens is 2. The van der Waals surface area contributed by atoms with Gasteiger partial charge < -0.3 is 72.5 Å². The molecule has 0 atom stereocenters. The lowest BCUT2D eigenvalue weighted by molar-refractivity contribution is 0.242. The molecule has 0 aliphatic carbocycles. The third-order valence-electron chi connectivity index (χ3n) is 13.4. The minimum atomic E-state index is -0.451. The van der Waals surface area contributed by atoms with Crippen LogP contribution in [0.1, 0.15) is 41.5 Å². The number of urea groups is 2. The number of fused-ring (bicyclic) bond motifs is 3. The fourth-order valence-corrected chi connectivity index (χ4v) is 9.74. The summed E-state index contributed by atoms with van der Waals surface area (Å²) in [5, 5.41) is 23.8. The minimum Gasteiger partial charge on any atom is -0.497 e. The highest BCUT2D eigenvalue weighted by atomic mass is 35.5. The van der Waals surface area contributed by atoms with Crippen molar-refractivity contribution in [1.29, 1.82) is 0 Å². The molecule has 0 saturated heterocycles. The van der Waals surface area contributed by atoms with Crippen LogP contribution in [0.4, 0.5) is 56.1 Å². The van der Waals surface area contributed by atoms with Crippen LogP contribution in [-0.2, 0) is 0 Å². The second-order valence-electron chi connectivity index (χ2n) is 23.5. The van der Waals surface area contributed by atoms with Gasteiger partial charge >= 0.3 is 12.1 Å². The number of hydrogen-bond acceptors (Lipinski definition) is 22. The Bertz CT molecular complexity index is 4580. The lowest BCUT2D eigenvalue weighted by atomic mass is 10.0. The molecule has 5 aromatic carbocycles. The molecule has 29 heteroatoms. The van der Waals surface area contributed by atoms with Crippen molar-refractivity contribution in [2.45, 2.75) is 52.6 Å². The molecule has 98 heavy (non-hydrogen) atoms. The van der Waals surface area contributed by atoms with Crippen LogP contribution < -0.4 is 83.7 Å².